The van der Waals surface area contributed by atoms with Crippen LogP contribution in [0.15, 0.2) is 53.5 Å². The second-order valence-corrected chi connectivity index (χ2v) is 9.61. The molecular weight excluding hydrogens is 499 g/mol. The van der Waals surface area contributed by atoms with E-state index in [0.29, 0.717) is 27.9 Å². The zero-order valence-electron chi connectivity index (χ0n) is 19.2. The van der Waals surface area contributed by atoms with E-state index in [2.05, 4.69) is 9.71 Å². The number of aromatic nitrogens is 2. The molecule has 2 aromatic carbocycles. The van der Waals surface area contributed by atoms with Gasteiger partial charge >= 0.3 is 5.97 Å². The van der Waals surface area contributed by atoms with Crippen molar-refractivity contribution < 1.29 is 27.1 Å². The summed E-state index contributed by atoms with van der Waals surface area (Å²) < 4.78 is 54.4. The molecule has 0 amide bonds. The van der Waals surface area contributed by atoms with E-state index < -0.39 is 21.8 Å². The van der Waals surface area contributed by atoms with E-state index in [1.54, 1.807) is 18.2 Å². The summed E-state index contributed by atoms with van der Waals surface area (Å²) in [7, 11) is -1.03. The Hall–Kier alpha value is -2.99. The van der Waals surface area contributed by atoms with Gasteiger partial charge in [0.1, 0.15) is 11.6 Å². The molecule has 188 valence electrons. The Morgan fingerprint density at radius 3 is 2.63 bits per heavy atom. The van der Waals surface area contributed by atoms with Gasteiger partial charge in [-0.15, -0.1) is 12.4 Å². The Labute approximate surface area is 208 Å². The summed E-state index contributed by atoms with van der Waals surface area (Å²) in [5, 5.41) is 0. The van der Waals surface area contributed by atoms with E-state index in [9.17, 15) is 17.6 Å². The number of nitrogens with zero attached hydrogens (tertiary/aromatic N) is 2. The van der Waals surface area contributed by atoms with Gasteiger partial charge in [0, 0.05) is 23.7 Å². The van der Waals surface area contributed by atoms with Gasteiger partial charge in [-0.25, -0.2) is 27.3 Å². The number of esters is 1. The normalized spacial score (nSPS) is 14.0. The number of nitrogens with one attached hydrogen (secondary N) is 1. The number of halogens is 2. The van der Waals surface area contributed by atoms with E-state index in [1.807, 2.05) is 0 Å². The van der Waals surface area contributed by atoms with Crippen LogP contribution in [0.2, 0.25) is 0 Å². The van der Waals surface area contributed by atoms with Crippen LogP contribution >= 0.6 is 12.4 Å². The van der Waals surface area contributed by atoms with Crippen molar-refractivity contribution in [3.63, 3.8) is 0 Å². The van der Waals surface area contributed by atoms with Gasteiger partial charge < -0.3 is 19.8 Å². The van der Waals surface area contributed by atoms with Crippen LogP contribution in [0.3, 0.4) is 0 Å². The maximum absolute atomic E-state index is 14.2. The molecule has 35 heavy (non-hydrogen) atoms. The first kappa shape index (κ1) is 26.6. The average molecular weight is 525 g/mol. The van der Waals surface area contributed by atoms with Crippen molar-refractivity contribution in [3.8, 4) is 16.9 Å². The maximum atomic E-state index is 14.2. The number of fused-ring (bicyclic) bond motifs is 1. The molecular formula is C23H26ClFN4O5S. The van der Waals surface area contributed by atoms with E-state index in [4.69, 9.17) is 15.2 Å². The highest BCUT2D eigenvalue weighted by Crippen LogP contribution is 2.37. The molecule has 0 spiro atoms. The van der Waals surface area contributed by atoms with Crippen molar-refractivity contribution >= 4 is 39.4 Å². The second kappa shape index (κ2) is 10.7. The quantitative estimate of drug-likeness (QED) is 0.412. The fourth-order valence-electron chi connectivity index (χ4n) is 3.64. The topological polar surface area (TPSA) is 126 Å². The van der Waals surface area contributed by atoms with Gasteiger partial charge in [-0.3, -0.25) is 0 Å². The summed E-state index contributed by atoms with van der Waals surface area (Å²) >= 11 is 0. The summed E-state index contributed by atoms with van der Waals surface area (Å²) in [6.07, 6.45) is 4.30. The second-order valence-electron chi connectivity index (χ2n) is 7.90. The van der Waals surface area contributed by atoms with Crippen LogP contribution in [0.5, 0.6) is 5.75 Å². The maximum Gasteiger partial charge on any atom is 0.337 e. The highest BCUT2D eigenvalue weighted by molar-refractivity contribution is 7.89. The Bertz CT molecular complexity index is 1390. The predicted octanol–water partition coefficient (Wildman–Crippen LogP) is 3.17. The molecule has 1 heterocycles. The number of hydrogen-bond acceptors (Lipinski definition) is 7. The molecule has 12 heteroatoms. The third kappa shape index (κ3) is 5.64. The predicted molar refractivity (Wildman–Crippen MR) is 132 cm³/mol. The lowest BCUT2D eigenvalue weighted by molar-refractivity contribution is 0.0601. The monoisotopic (exact) mass is 524 g/mol. The first-order valence-corrected chi connectivity index (χ1v) is 12.1. The Morgan fingerprint density at radius 2 is 2.00 bits per heavy atom. The summed E-state index contributed by atoms with van der Waals surface area (Å²) in [4.78, 5) is 16.9. The molecule has 0 bridgehead atoms. The fourth-order valence-corrected chi connectivity index (χ4v) is 4.97. The molecule has 1 aromatic heterocycles. The Balaban J connectivity index is 0.00000342. The van der Waals surface area contributed by atoms with Crippen molar-refractivity contribution in [2.45, 2.75) is 30.3 Å². The number of carbonyl (C=O) groups excluding carboxylic acids is 1. The van der Waals surface area contributed by atoms with Gasteiger partial charge in [0.15, 0.2) is 0 Å². The molecule has 3 aromatic rings. The van der Waals surface area contributed by atoms with E-state index in [0.717, 1.165) is 12.8 Å². The van der Waals surface area contributed by atoms with Gasteiger partial charge in [0.2, 0.25) is 10.0 Å². The van der Waals surface area contributed by atoms with Gasteiger partial charge in [0.25, 0.3) is 0 Å². The van der Waals surface area contributed by atoms with Crippen LogP contribution in [-0.4, -0.2) is 50.7 Å². The molecule has 9 nitrogen and oxygen atoms in total. The summed E-state index contributed by atoms with van der Waals surface area (Å²) in [5.74, 6) is -0.673. The van der Waals surface area contributed by atoms with Crippen LogP contribution < -0.4 is 15.2 Å². The molecule has 4 rings (SSSR count). The molecule has 1 saturated carbocycles. The number of carbonyl (C=O) groups is 1. The fraction of sp³-hybridized carbons (Fsp3) is 0.304. The largest absolute Gasteiger partial charge is 0.496 e. The highest BCUT2D eigenvalue weighted by atomic mass is 35.5. The van der Waals surface area contributed by atoms with Crippen LogP contribution in [0.25, 0.3) is 22.2 Å². The number of hydrogen-bond donors (Lipinski definition) is 2. The van der Waals surface area contributed by atoms with Crippen LogP contribution in [0, 0.1) is 0 Å². The third-order valence-corrected chi connectivity index (χ3v) is 7.00. The summed E-state index contributed by atoms with van der Waals surface area (Å²) in [6, 6.07) is 7.54. The minimum atomic E-state index is -3.75. The number of allylic oxidation sites excluding steroid dienone is 1. The first-order valence-electron chi connectivity index (χ1n) is 10.6. The van der Waals surface area contributed by atoms with Crippen molar-refractivity contribution in [1.82, 2.24) is 14.3 Å². The molecule has 1 fully saturated rings. The number of methoxy groups -OCH3 is 2. The summed E-state index contributed by atoms with van der Waals surface area (Å²) in [6.45, 7) is -0.0842. The van der Waals surface area contributed by atoms with Crippen LogP contribution in [0.4, 0.5) is 4.39 Å². The van der Waals surface area contributed by atoms with Gasteiger partial charge in [0.05, 0.1) is 48.6 Å². The number of nitrogens with two attached hydrogens (primary N) is 1. The highest BCUT2D eigenvalue weighted by Gasteiger charge is 2.29. The molecule has 0 radical (unpaired) electrons. The number of ether oxygens (including phenoxy) is 2. The summed E-state index contributed by atoms with van der Waals surface area (Å²) in [5.41, 5.74) is 7.36. The van der Waals surface area contributed by atoms with E-state index in [1.165, 1.54) is 43.3 Å². The lowest BCUT2D eigenvalue weighted by Gasteiger charge is -2.14. The van der Waals surface area contributed by atoms with Crippen LogP contribution in [-0.2, 0) is 21.3 Å². The molecule has 1 aliphatic rings. The van der Waals surface area contributed by atoms with Crippen molar-refractivity contribution in [2.24, 2.45) is 5.73 Å². The average Bonchev–Trinajstić information content (AvgIpc) is 3.54. The first-order chi connectivity index (χ1) is 16.3. The van der Waals surface area contributed by atoms with Crippen molar-refractivity contribution in [1.29, 1.82) is 0 Å². The number of benzene rings is 2. The van der Waals surface area contributed by atoms with Crippen LogP contribution in [0.1, 0.15) is 23.2 Å². The molecule has 1 aliphatic carbocycles. The van der Waals surface area contributed by atoms with Crippen molar-refractivity contribution in [2.75, 3.05) is 20.8 Å². The zero-order chi connectivity index (χ0) is 24.5. The standard InChI is InChI=1S/C23H25FN4O5S.ClH/c1-32-21-6-5-17(34(30,31)27-16-3-4-16)11-18(21)19-9-14(23(29)33-2)10-20-22(19)26-13-28(20)12-15(24)7-8-25;/h5-7,9-11,13,16,27H,3-4,8,12,25H2,1-2H3;1H. The number of imidazole rings is 1. The van der Waals surface area contributed by atoms with Gasteiger partial charge in [-0.05, 0) is 49.2 Å². The smallest absolute Gasteiger partial charge is 0.337 e. The third-order valence-electron chi connectivity index (χ3n) is 5.48. The van der Waals surface area contributed by atoms with E-state index in [-0.39, 0.29) is 42.0 Å². The minimum absolute atomic E-state index is 0. The molecule has 0 atom stereocenters. The minimum Gasteiger partial charge on any atom is -0.496 e. The molecule has 0 saturated heterocycles. The number of rotatable bonds is 9. The molecule has 0 unspecified atom stereocenters. The lowest BCUT2D eigenvalue weighted by atomic mass is 10.00. The van der Waals surface area contributed by atoms with Crippen molar-refractivity contribution in [3.05, 3.63) is 54.1 Å². The Morgan fingerprint density at radius 1 is 1.26 bits per heavy atom. The van der Waals surface area contributed by atoms with E-state index >= 15 is 0 Å². The van der Waals surface area contributed by atoms with Gasteiger partial charge in [-0.1, -0.05) is 0 Å². The Kier molecular flexibility index (Phi) is 8.16. The van der Waals surface area contributed by atoms with Gasteiger partial charge in [-0.2, -0.15) is 0 Å². The SMILES string of the molecule is COC(=O)c1cc(-c2cc(S(=O)(=O)NC3CC3)ccc2OC)c2ncn(CC(F)=CCN)c2c1.Cl. The number of sulfonamides is 1. The molecule has 3 N–H and O–H groups in total. The zero-order valence-corrected chi connectivity index (χ0v) is 20.8. The molecule has 0 aliphatic heterocycles. The lowest BCUT2D eigenvalue weighted by Crippen LogP contribution is -2.25.